The van der Waals surface area contributed by atoms with Crippen molar-refractivity contribution in [1.82, 2.24) is 23.4 Å². The fraction of sp³-hybridized carbons (Fsp3) is 0.833. The van der Waals surface area contributed by atoms with Crippen molar-refractivity contribution in [3.63, 3.8) is 0 Å². The van der Waals surface area contributed by atoms with Crippen LogP contribution < -0.4 is 5.32 Å². The van der Waals surface area contributed by atoms with E-state index in [1.807, 2.05) is 18.5 Å². The van der Waals surface area contributed by atoms with E-state index in [1.54, 1.807) is 3.11 Å². The fourth-order valence-corrected chi connectivity index (χ4v) is 2.75. The Bertz CT molecular complexity index is 490. The zero-order chi connectivity index (χ0) is 18.7. The van der Waals surface area contributed by atoms with E-state index in [0.717, 1.165) is 50.9 Å². The molecule has 7 heteroatoms. The molecular weight excluding hydrogens is 429 g/mol. The first-order chi connectivity index (χ1) is 11.9. The summed E-state index contributed by atoms with van der Waals surface area (Å²) in [6.07, 6.45) is 9.03. The molecule has 144 valence electrons. The number of unbranched alkanes of at least 4 members (excludes halogenated alkanes) is 3. The van der Waals surface area contributed by atoms with Crippen molar-refractivity contribution in [3.8, 4) is 0 Å². The second-order valence-corrected chi connectivity index (χ2v) is 8.19. The SMILES string of the molecule is CC(C)NCCCCc1cn(CCCCCC(=O)N(I)C(C)C)nn1. The largest absolute Gasteiger partial charge is 0.315 e. The van der Waals surface area contributed by atoms with Gasteiger partial charge in [0.1, 0.15) is 0 Å². The van der Waals surface area contributed by atoms with E-state index >= 15 is 0 Å². The molecule has 0 fully saturated rings. The van der Waals surface area contributed by atoms with Crippen LogP contribution in [0.3, 0.4) is 0 Å². The van der Waals surface area contributed by atoms with Crippen LogP contribution in [0, 0.1) is 0 Å². The van der Waals surface area contributed by atoms with Gasteiger partial charge in [0.05, 0.1) is 28.6 Å². The van der Waals surface area contributed by atoms with Crippen molar-refractivity contribution in [2.45, 2.75) is 91.3 Å². The second kappa shape index (κ2) is 12.6. The Morgan fingerprint density at radius 1 is 1.20 bits per heavy atom. The van der Waals surface area contributed by atoms with Gasteiger partial charge < -0.3 is 5.32 Å². The summed E-state index contributed by atoms with van der Waals surface area (Å²) in [6.45, 7) is 10.4. The van der Waals surface area contributed by atoms with E-state index in [1.165, 1.54) is 6.42 Å². The zero-order valence-corrected chi connectivity index (χ0v) is 18.3. The van der Waals surface area contributed by atoms with Crippen molar-refractivity contribution in [2.24, 2.45) is 0 Å². The summed E-state index contributed by atoms with van der Waals surface area (Å²) in [6, 6.07) is 0.823. The number of halogens is 1. The van der Waals surface area contributed by atoms with Crippen LogP contribution in [0.5, 0.6) is 0 Å². The number of carbonyl (C=O) groups excluding carboxylic acids is 1. The third kappa shape index (κ3) is 10.1. The van der Waals surface area contributed by atoms with Crippen molar-refractivity contribution < 1.29 is 4.79 Å². The summed E-state index contributed by atoms with van der Waals surface area (Å²) in [4.78, 5) is 11.9. The number of amides is 1. The van der Waals surface area contributed by atoms with E-state index in [9.17, 15) is 4.79 Å². The van der Waals surface area contributed by atoms with Crippen molar-refractivity contribution in [3.05, 3.63) is 11.9 Å². The lowest BCUT2D eigenvalue weighted by Gasteiger charge is -2.18. The predicted octanol–water partition coefficient (Wildman–Crippen LogP) is 3.75. The van der Waals surface area contributed by atoms with Gasteiger partial charge in [-0.25, -0.2) is 0 Å². The molecule has 1 rings (SSSR count). The number of nitrogens with zero attached hydrogens (tertiary/aromatic N) is 4. The molecule has 0 spiro atoms. The minimum atomic E-state index is 0.227. The molecule has 0 bridgehead atoms. The Balaban J connectivity index is 2.10. The molecule has 1 aromatic heterocycles. The van der Waals surface area contributed by atoms with Gasteiger partial charge in [0.25, 0.3) is 0 Å². The highest BCUT2D eigenvalue weighted by atomic mass is 127. The average molecular weight is 463 g/mol. The van der Waals surface area contributed by atoms with E-state index in [2.05, 4.69) is 58.5 Å². The maximum atomic E-state index is 11.9. The Morgan fingerprint density at radius 3 is 2.64 bits per heavy atom. The van der Waals surface area contributed by atoms with Crippen LogP contribution in [-0.2, 0) is 17.8 Å². The molecular formula is C18H34IN5O. The molecule has 0 aliphatic heterocycles. The number of hydrogen-bond acceptors (Lipinski definition) is 4. The summed E-state index contributed by atoms with van der Waals surface area (Å²) in [5.41, 5.74) is 1.08. The molecule has 6 nitrogen and oxygen atoms in total. The maximum absolute atomic E-state index is 11.9. The fourth-order valence-electron chi connectivity index (χ4n) is 2.51. The minimum absolute atomic E-state index is 0.227. The molecule has 1 heterocycles. The molecule has 0 saturated carbocycles. The normalized spacial score (nSPS) is 11.5. The quantitative estimate of drug-likeness (QED) is 0.275. The van der Waals surface area contributed by atoms with Crippen LogP contribution in [0.4, 0.5) is 0 Å². The number of carbonyl (C=O) groups is 1. The molecule has 0 aliphatic carbocycles. The molecule has 0 unspecified atom stereocenters. The second-order valence-electron chi connectivity index (χ2n) is 7.15. The number of aromatic nitrogens is 3. The lowest BCUT2D eigenvalue weighted by molar-refractivity contribution is -0.126. The van der Waals surface area contributed by atoms with Crippen LogP contribution in [-0.4, -0.2) is 42.6 Å². The summed E-state index contributed by atoms with van der Waals surface area (Å²) < 4.78 is 3.72. The molecule has 1 aromatic rings. The Morgan fingerprint density at radius 2 is 1.96 bits per heavy atom. The number of hydrogen-bond donors (Lipinski definition) is 1. The number of rotatable bonds is 13. The van der Waals surface area contributed by atoms with Gasteiger partial charge in [-0.3, -0.25) is 12.6 Å². The third-order valence-corrected chi connectivity index (χ3v) is 5.62. The van der Waals surface area contributed by atoms with Gasteiger partial charge in [0, 0.05) is 31.2 Å². The third-order valence-electron chi connectivity index (χ3n) is 3.97. The molecule has 0 atom stereocenters. The summed E-state index contributed by atoms with van der Waals surface area (Å²) in [5.74, 6) is 0.227. The molecule has 1 amide bonds. The van der Waals surface area contributed by atoms with Gasteiger partial charge in [0.15, 0.2) is 0 Å². The first kappa shape index (κ1) is 22.3. The molecule has 0 aliphatic rings. The van der Waals surface area contributed by atoms with Gasteiger partial charge in [-0.1, -0.05) is 25.5 Å². The molecule has 0 aromatic carbocycles. The average Bonchev–Trinajstić information content (AvgIpc) is 3.00. The van der Waals surface area contributed by atoms with Gasteiger partial charge in [-0.05, 0) is 52.5 Å². The topological polar surface area (TPSA) is 63.1 Å². The van der Waals surface area contributed by atoms with Crippen LogP contribution in [0.2, 0.25) is 0 Å². The standard InChI is InChI=1S/C18H34IN5O/c1-15(2)20-12-8-7-10-17-14-23(22-21-17)13-9-5-6-11-18(25)24(19)16(3)4/h14-16,20H,5-13H2,1-4H3. The monoisotopic (exact) mass is 463 g/mol. The lowest BCUT2D eigenvalue weighted by Crippen LogP contribution is -2.27. The first-order valence-corrected chi connectivity index (χ1v) is 10.5. The number of aryl methyl sites for hydroxylation is 2. The van der Waals surface area contributed by atoms with Gasteiger partial charge in [-0.15, -0.1) is 5.10 Å². The van der Waals surface area contributed by atoms with Crippen LogP contribution in [0.25, 0.3) is 0 Å². The number of nitrogens with one attached hydrogen (secondary N) is 1. The predicted molar refractivity (Wildman–Crippen MR) is 111 cm³/mol. The van der Waals surface area contributed by atoms with Gasteiger partial charge in [-0.2, -0.15) is 0 Å². The highest BCUT2D eigenvalue weighted by Crippen LogP contribution is 2.12. The first-order valence-electron chi connectivity index (χ1n) is 9.50. The van der Waals surface area contributed by atoms with E-state index in [0.29, 0.717) is 12.5 Å². The summed E-state index contributed by atoms with van der Waals surface area (Å²) in [7, 11) is 0. The van der Waals surface area contributed by atoms with E-state index in [4.69, 9.17) is 0 Å². The Labute approximate surface area is 166 Å². The van der Waals surface area contributed by atoms with Crippen molar-refractivity contribution in [2.75, 3.05) is 6.54 Å². The summed E-state index contributed by atoms with van der Waals surface area (Å²) >= 11 is 2.11. The minimum Gasteiger partial charge on any atom is -0.315 e. The highest BCUT2D eigenvalue weighted by Gasteiger charge is 2.12. The highest BCUT2D eigenvalue weighted by molar-refractivity contribution is 14.1. The maximum Gasteiger partial charge on any atom is 0.231 e. The molecule has 0 saturated heterocycles. The molecule has 1 N–H and O–H groups in total. The van der Waals surface area contributed by atoms with E-state index in [-0.39, 0.29) is 11.9 Å². The molecule has 0 radical (unpaired) electrons. The Kier molecular flexibility index (Phi) is 11.3. The van der Waals surface area contributed by atoms with Crippen LogP contribution >= 0.6 is 22.9 Å². The molecule has 25 heavy (non-hydrogen) atoms. The Hall–Kier alpha value is -0.700. The van der Waals surface area contributed by atoms with Crippen molar-refractivity contribution in [1.29, 1.82) is 0 Å². The lowest BCUT2D eigenvalue weighted by atomic mass is 10.2. The van der Waals surface area contributed by atoms with Crippen LogP contribution in [0.1, 0.15) is 71.9 Å². The van der Waals surface area contributed by atoms with Gasteiger partial charge in [0.2, 0.25) is 5.91 Å². The van der Waals surface area contributed by atoms with Gasteiger partial charge >= 0.3 is 0 Å². The smallest absolute Gasteiger partial charge is 0.231 e. The van der Waals surface area contributed by atoms with E-state index < -0.39 is 0 Å². The zero-order valence-electron chi connectivity index (χ0n) is 16.2. The van der Waals surface area contributed by atoms with Crippen molar-refractivity contribution >= 4 is 28.8 Å². The van der Waals surface area contributed by atoms with Crippen LogP contribution in [0.15, 0.2) is 6.20 Å². The summed E-state index contributed by atoms with van der Waals surface area (Å²) in [5, 5.41) is 11.9.